The quantitative estimate of drug-likeness (QED) is 0.881. The van der Waals surface area contributed by atoms with Crippen molar-refractivity contribution in [3.8, 4) is 0 Å². The molecule has 2 aromatic rings. The number of amides is 1. The molecule has 2 aromatic heterocycles. The maximum absolute atomic E-state index is 13.2. The molecule has 1 N–H and O–H groups in total. The van der Waals surface area contributed by atoms with E-state index in [1.807, 2.05) is 6.92 Å². The molecule has 0 bridgehead atoms. The van der Waals surface area contributed by atoms with E-state index in [0.29, 0.717) is 5.91 Å². The minimum absolute atomic E-state index is 0.225. The number of hydrogen-bond donors (Lipinski definition) is 1. The number of nitrogens with one attached hydrogen (secondary N) is 1. The highest BCUT2D eigenvalue weighted by atomic mass is 16.2. The summed E-state index contributed by atoms with van der Waals surface area (Å²) in [6.45, 7) is 4.53. The summed E-state index contributed by atoms with van der Waals surface area (Å²) in [6, 6.07) is 0. The van der Waals surface area contributed by atoms with E-state index in [0.717, 1.165) is 68.9 Å². The molecule has 5 rings (SSSR count). The highest BCUT2D eigenvalue weighted by Crippen LogP contribution is 2.45. The van der Waals surface area contributed by atoms with Crippen LogP contribution in [0.1, 0.15) is 49.2 Å². The van der Waals surface area contributed by atoms with Crippen LogP contribution in [0.2, 0.25) is 0 Å². The topological polar surface area (TPSA) is 78.0 Å². The third-order valence-electron chi connectivity index (χ3n) is 6.73. The number of piperidine rings is 1. The first kappa shape index (κ1) is 16.7. The van der Waals surface area contributed by atoms with Gasteiger partial charge in [-0.25, -0.2) is 9.97 Å². The molecule has 2 fully saturated rings. The number of aryl methyl sites for hydroxylation is 1. The number of hydrogen-bond acceptors (Lipinski definition) is 5. The maximum Gasteiger partial charge on any atom is 0.226 e. The summed E-state index contributed by atoms with van der Waals surface area (Å²) in [7, 11) is 0. The number of nitrogens with zero attached hydrogens (tertiary/aromatic N) is 5. The van der Waals surface area contributed by atoms with E-state index in [-0.39, 0.29) is 11.5 Å². The van der Waals surface area contributed by atoms with Crippen LogP contribution in [0.3, 0.4) is 0 Å². The summed E-state index contributed by atoms with van der Waals surface area (Å²) in [5.74, 6) is 1.53. The molecule has 142 valence electrons. The van der Waals surface area contributed by atoms with Gasteiger partial charge in [0.1, 0.15) is 5.82 Å². The molecule has 1 spiro atoms. The van der Waals surface area contributed by atoms with E-state index in [1.54, 1.807) is 18.7 Å². The zero-order chi connectivity index (χ0) is 18.4. The summed E-state index contributed by atoms with van der Waals surface area (Å²) in [4.78, 5) is 34.7. The lowest BCUT2D eigenvalue weighted by Crippen LogP contribution is -2.60. The minimum Gasteiger partial charge on any atom is -0.355 e. The number of imidazole rings is 1. The Balaban J connectivity index is 1.45. The van der Waals surface area contributed by atoms with Crippen LogP contribution in [0.25, 0.3) is 0 Å². The lowest BCUT2D eigenvalue weighted by molar-refractivity contribution is -0.147. The van der Waals surface area contributed by atoms with Crippen LogP contribution >= 0.6 is 0 Å². The standard InChI is InChI=1S/C20H26N6O/c1-14-18(22-9-8-21-14)25-11-6-20(7-12-25)17-16(23-13-24-17)5-10-26(20)19(27)15-3-2-4-15/h8-9,13,15H,2-7,10-12H2,1H3,(H,23,24). The Morgan fingerprint density at radius 2 is 1.93 bits per heavy atom. The second kappa shape index (κ2) is 6.32. The van der Waals surface area contributed by atoms with Crippen LogP contribution in [0.4, 0.5) is 5.82 Å². The Morgan fingerprint density at radius 3 is 2.63 bits per heavy atom. The van der Waals surface area contributed by atoms with Gasteiger partial charge in [0.05, 0.1) is 23.3 Å². The van der Waals surface area contributed by atoms with Crippen molar-refractivity contribution in [2.75, 3.05) is 24.5 Å². The van der Waals surface area contributed by atoms with Crippen molar-refractivity contribution in [3.63, 3.8) is 0 Å². The number of carbonyl (C=O) groups excluding carboxylic acids is 1. The van der Waals surface area contributed by atoms with Crippen molar-refractivity contribution >= 4 is 11.7 Å². The van der Waals surface area contributed by atoms with Gasteiger partial charge in [0.2, 0.25) is 5.91 Å². The van der Waals surface area contributed by atoms with Crippen molar-refractivity contribution in [3.05, 3.63) is 35.8 Å². The zero-order valence-corrected chi connectivity index (χ0v) is 15.8. The van der Waals surface area contributed by atoms with Gasteiger partial charge in [-0.15, -0.1) is 0 Å². The van der Waals surface area contributed by atoms with Gasteiger partial charge < -0.3 is 14.8 Å². The van der Waals surface area contributed by atoms with Gasteiger partial charge in [0, 0.05) is 50.1 Å². The lowest BCUT2D eigenvalue weighted by atomic mass is 9.76. The number of H-pyrrole nitrogens is 1. The molecule has 7 nitrogen and oxygen atoms in total. The number of aromatic nitrogens is 4. The van der Waals surface area contributed by atoms with Crippen LogP contribution in [0.5, 0.6) is 0 Å². The number of rotatable bonds is 2. The molecule has 0 unspecified atom stereocenters. The Labute approximate surface area is 159 Å². The van der Waals surface area contributed by atoms with Crippen molar-refractivity contribution in [1.29, 1.82) is 0 Å². The van der Waals surface area contributed by atoms with Gasteiger partial charge in [-0.3, -0.25) is 9.78 Å². The minimum atomic E-state index is -0.271. The number of carbonyl (C=O) groups is 1. The summed E-state index contributed by atoms with van der Waals surface area (Å²) >= 11 is 0. The first-order chi connectivity index (χ1) is 13.2. The summed E-state index contributed by atoms with van der Waals surface area (Å²) < 4.78 is 0. The van der Waals surface area contributed by atoms with Gasteiger partial charge in [0.25, 0.3) is 0 Å². The van der Waals surface area contributed by atoms with Crippen molar-refractivity contribution in [1.82, 2.24) is 24.8 Å². The zero-order valence-electron chi connectivity index (χ0n) is 15.8. The molecule has 1 saturated carbocycles. The van der Waals surface area contributed by atoms with Gasteiger partial charge in [-0.1, -0.05) is 6.42 Å². The van der Waals surface area contributed by atoms with Gasteiger partial charge in [0.15, 0.2) is 0 Å². The second-order valence-electron chi connectivity index (χ2n) is 8.08. The Hall–Kier alpha value is -2.44. The normalized spacial score (nSPS) is 21.8. The highest BCUT2D eigenvalue weighted by molar-refractivity contribution is 5.81. The van der Waals surface area contributed by atoms with Crippen LogP contribution in [0.15, 0.2) is 18.7 Å². The second-order valence-corrected chi connectivity index (χ2v) is 8.08. The molecule has 3 aliphatic rings. The van der Waals surface area contributed by atoms with E-state index >= 15 is 0 Å². The van der Waals surface area contributed by atoms with Gasteiger partial charge >= 0.3 is 0 Å². The van der Waals surface area contributed by atoms with Crippen LogP contribution in [0, 0.1) is 12.8 Å². The molecule has 1 saturated heterocycles. The largest absolute Gasteiger partial charge is 0.355 e. The molecule has 0 radical (unpaired) electrons. The molecule has 1 amide bonds. The summed E-state index contributed by atoms with van der Waals surface area (Å²) in [5, 5.41) is 0. The van der Waals surface area contributed by atoms with E-state index < -0.39 is 0 Å². The average molecular weight is 366 g/mol. The van der Waals surface area contributed by atoms with Crippen molar-refractivity contribution < 1.29 is 4.79 Å². The van der Waals surface area contributed by atoms with Gasteiger partial charge in [-0.2, -0.15) is 0 Å². The van der Waals surface area contributed by atoms with E-state index in [4.69, 9.17) is 0 Å². The van der Waals surface area contributed by atoms with Gasteiger partial charge in [-0.05, 0) is 32.6 Å². The Morgan fingerprint density at radius 1 is 1.15 bits per heavy atom. The number of anilines is 1. The van der Waals surface area contributed by atoms with Crippen LogP contribution in [-0.2, 0) is 16.8 Å². The van der Waals surface area contributed by atoms with Crippen LogP contribution in [-0.4, -0.2) is 50.4 Å². The van der Waals surface area contributed by atoms with E-state index in [1.165, 1.54) is 12.1 Å². The Bertz CT molecular complexity index is 850. The summed E-state index contributed by atoms with van der Waals surface area (Å²) in [5.41, 5.74) is 2.99. The molecule has 0 atom stereocenters. The van der Waals surface area contributed by atoms with Crippen molar-refractivity contribution in [2.24, 2.45) is 5.92 Å². The predicted octanol–water partition coefficient (Wildman–Crippen LogP) is 2.19. The van der Waals surface area contributed by atoms with E-state index in [9.17, 15) is 4.79 Å². The molecule has 27 heavy (non-hydrogen) atoms. The molecule has 0 aromatic carbocycles. The Kier molecular flexibility index (Phi) is 3.91. The molecule has 1 aliphatic carbocycles. The van der Waals surface area contributed by atoms with Crippen molar-refractivity contribution in [2.45, 2.75) is 51.0 Å². The number of aromatic amines is 1. The highest BCUT2D eigenvalue weighted by Gasteiger charge is 2.50. The SMILES string of the molecule is Cc1nccnc1N1CCC2(CC1)c1nc[nH]c1CCN2C(=O)C1CCC1. The molecule has 4 heterocycles. The molecule has 2 aliphatic heterocycles. The predicted molar refractivity (Wildman–Crippen MR) is 101 cm³/mol. The monoisotopic (exact) mass is 366 g/mol. The average Bonchev–Trinajstić information content (AvgIpc) is 3.12. The first-order valence-corrected chi connectivity index (χ1v) is 10.1. The number of fused-ring (bicyclic) bond motifs is 2. The fourth-order valence-electron chi connectivity index (χ4n) is 4.98. The third kappa shape index (κ3) is 2.55. The fraction of sp³-hybridized carbons (Fsp3) is 0.600. The molecular weight excluding hydrogens is 340 g/mol. The first-order valence-electron chi connectivity index (χ1n) is 10.1. The molecule has 7 heteroatoms. The summed E-state index contributed by atoms with van der Waals surface area (Å²) in [6.07, 6.45) is 11.2. The van der Waals surface area contributed by atoms with Crippen LogP contribution < -0.4 is 4.90 Å². The lowest BCUT2D eigenvalue weighted by Gasteiger charge is -2.52. The van der Waals surface area contributed by atoms with E-state index in [2.05, 4.69) is 29.7 Å². The fourth-order valence-corrected chi connectivity index (χ4v) is 4.98. The maximum atomic E-state index is 13.2. The smallest absolute Gasteiger partial charge is 0.226 e. The third-order valence-corrected chi connectivity index (χ3v) is 6.73. The molecular formula is C20H26N6O.